The average Bonchev–Trinajstić information content (AvgIpc) is 2.89. The SMILES string of the molecule is CCN(CC)C(=O)C1CCCN(CCCCNC(=O)c2ccc(-c3cccc(NC(C)=O)c3)cc2)C1. The van der Waals surface area contributed by atoms with Crippen molar-refractivity contribution in [2.75, 3.05) is 44.6 Å². The van der Waals surface area contributed by atoms with Gasteiger partial charge >= 0.3 is 0 Å². The number of anilines is 1. The lowest BCUT2D eigenvalue weighted by molar-refractivity contribution is -0.137. The molecule has 2 N–H and O–H groups in total. The number of benzene rings is 2. The highest BCUT2D eigenvalue weighted by atomic mass is 16.2. The summed E-state index contributed by atoms with van der Waals surface area (Å²) in [6.45, 7) is 10.6. The summed E-state index contributed by atoms with van der Waals surface area (Å²) in [5.41, 5.74) is 3.34. The second-order valence-corrected chi connectivity index (χ2v) is 9.45. The van der Waals surface area contributed by atoms with Crippen LogP contribution in [0.1, 0.15) is 56.8 Å². The molecule has 3 amide bonds. The summed E-state index contributed by atoms with van der Waals surface area (Å²) in [4.78, 5) is 40.9. The molecule has 1 aliphatic heterocycles. The van der Waals surface area contributed by atoms with Crippen LogP contribution in [0.4, 0.5) is 5.69 Å². The van der Waals surface area contributed by atoms with E-state index in [2.05, 4.69) is 15.5 Å². The first-order chi connectivity index (χ1) is 17.4. The Balaban J connectivity index is 1.40. The van der Waals surface area contributed by atoms with E-state index in [0.717, 1.165) is 75.2 Å². The van der Waals surface area contributed by atoms with Crippen molar-refractivity contribution in [3.8, 4) is 11.1 Å². The Labute approximate surface area is 215 Å². The Morgan fingerprint density at radius 1 is 1.00 bits per heavy atom. The molecule has 36 heavy (non-hydrogen) atoms. The number of hydrogen-bond donors (Lipinski definition) is 2. The van der Waals surface area contributed by atoms with Gasteiger partial charge in [0.05, 0.1) is 5.92 Å². The molecule has 7 nitrogen and oxygen atoms in total. The van der Waals surface area contributed by atoms with Crippen LogP contribution in [0.5, 0.6) is 0 Å². The number of amides is 3. The number of nitrogens with zero attached hydrogens (tertiary/aromatic N) is 2. The highest BCUT2D eigenvalue weighted by Crippen LogP contribution is 2.23. The lowest BCUT2D eigenvalue weighted by atomic mass is 9.96. The third-order valence-electron chi connectivity index (χ3n) is 6.78. The van der Waals surface area contributed by atoms with Gasteiger partial charge in [0, 0.05) is 44.4 Å². The fourth-order valence-corrected chi connectivity index (χ4v) is 4.81. The van der Waals surface area contributed by atoms with Crippen LogP contribution < -0.4 is 10.6 Å². The number of carbonyl (C=O) groups excluding carboxylic acids is 3. The molecule has 0 radical (unpaired) electrons. The van der Waals surface area contributed by atoms with Gasteiger partial charge in [0.25, 0.3) is 5.91 Å². The van der Waals surface area contributed by atoms with Crippen LogP contribution >= 0.6 is 0 Å². The first-order valence-corrected chi connectivity index (χ1v) is 13.2. The number of nitrogens with one attached hydrogen (secondary N) is 2. The van der Waals surface area contributed by atoms with Crippen LogP contribution in [0.3, 0.4) is 0 Å². The van der Waals surface area contributed by atoms with Crippen molar-refractivity contribution in [3.05, 3.63) is 54.1 Å². The Kier molecular flexibility index (Phi) is 10.5. The monoisotopic (exact) mass is 492 g/mol. The summed E-state index contributed by atoms with van der Waals surface area (Å²) >= 11 is 0. The number of unbranched alkanes of at least 4 members (excludes halogenated alkanes) is 1. The second-order valence-electron chi connectivity index (χ2n) is 9.45. The molecular weight excluding hydrogens is 452 g/mol. The van der Waals surface area contributed by atoms with E-state index < -0.39 is 0 Å². The van der Waals surface area contributed by atoms with Crippen molar-refractivity contribution in [3.63, 3.8) is 0 Å². The van der Waals surface area contributed by atoms with Crippen LogP contribution in [0, 0.1) is 5.92 Å². The van der Waals surface area contributed by atoms with Gasteiger partial charge in [-0.2, -0.15) is 0 Å². The molecule has 194 valence electrons. The standard InChI is InChI=1S/C29H40N4O3/c1-4-33(5-2)29(36)26-11-9-19-32(21-26)18-7-6-17-30-28(35)24-15-13-23(14-16-24)25-10-8-12-27(20-25)31-22(3)34/h8,10,12-16,20,26H,4-7,9,11,17-19,21H2,1-3H3,(H,30,35)(H,31,34). The van der Waals surface area contributed by atoms with E-state index in [-0.39, 0.29) is 17.7 Å². The van der Waals surface area contributed by atoms with Gasteiger partial charge in [-0.3, -0.25) is 14.4 Å². The van der Waals surface area contributed by atoms with Gasteiger partial charge in [0.1, 0.15) is 0 Å². The first kappa shape index (κ1) is 27.4. The zero-order valence-corrected chi connectivity index (χ0v) is 21.9. The predicted octanol–water partition coefficient (Wildman–Crippen LogP) is 4.40. The van der Waals surface area contributed by atoms with Gasteiger partial charge in [0.15, 0.2) is 0 Å². The fourth-order valence-electron chi connectivity index (χ4n) is 4.81. The zero-order chi connectivity index (χ0) is 25.9. The Morgan fingerprint density at radius 2 is 1.75 bits per heavy atom. The van der Waals surface area contributed by atoms with E-state index in [1.54, 1.807) is 0 Å². The molecule has 7 heteroatoms. The van der Waals surface area contributed by atoms with E-state index >= 15 is 0 Å². The zero-order valence-electron chi connectivity index (χ0n) is 21.9. The van der Waals surface area contributed by atoms with Gasteiger partial charge < -0.3 is 20.4 Å². The molecule has 2 aromatic carbocycles. The lowest BCUT2D eigenvalue weighted by Crippen LogP contribution is -2.45. The molecule has 0 saturated carbocycles. The van der Waals surface area contributed by atoms with Gasteiger partial charge in [0.2, 0.25) is 11.8 Å². The molecule has 1 heterocycles. The maximum atomic E-state index is 12.7. The predicted molar refractivity (Wildman–Crippen MR) is 145 cm³/mol. The Morgan fingerprint density at radius 3 is 2.44 bits per heavy atom. The molecular formula is C29H40N4O3. The van der Waals surface area contributed by atoms with Gasteiger partial charge in [-0.15, -0.1) is 0 Å². The first-order valence-electron chi connectivity index (χ1n) is 13.2. The smallest absolute Gasteiger partial charge is 0.251 e. The molecule has 2 aromatic rings. The number of likely N-dealkylation sites (tertiary alicyclic amines) is 1. The molecule has 3 rings (SSSR count). The number of piperidine rings is 1. The summed E-state index contributed by atoms with van der Waals surface area (Å²) in [6, 6.07) is 15.1. The summed E-state index contributed by atoms with van der Waals surface area (Å²) in [5, 5.41) is 5.81. The van der Waals surface area contributed by atoms with Gasteiger partial charge in [-0.05, 0) is 88.0 Å². The highest BCUT2D eigenvalue weighted by Gasteiger charge is 2.27. The van der Waals surface area contributed by atoms with Crippen molar-refractivity contribution < 1.29 is 14.4 Å². The van der Waals surface area contributed by atoms with Crippen molar-refractivity contribution in [1.29, 1.82) is 0 Å². The number of rotatable bonds is 11. The van der Waals surface area contributed by atoms with Gasteiger partial charge in [-0.1, -0.05) is 24.3 Å². The lowest BCUT2D eigenvalue weighted by Gasteiger charge is -2.34. The molecule has 0 spiro atoms. The van der Waals surface area contributed by atoms with Crippen LogP contribution in [0.25, 0.3) is 11.1 Å². The summed E-state index contributed by atoms with van der Waals surface area (Å²) in [7, 11) is 0. The number of carbonyl (C=O) groups is 3. The minimum absolute atomic E-state index is 0.0728. The quantitative estimate of drug-likeness (QED) is 0.456. The van der Waals surface area contributed by atoms with E-state index in [1.165, 1.54) is 6.92 Å². The topological polar surface area (TPSA) is 81.8 Å². The maximum absolute atomic E-state index is 12.7. The second kappa shape index (κ2) is 13.8. The normalized spacial score (nSPS) is 15.8. The van der Waals surface area contributed by atoms with Crippen molar-refractivity contribution in [1.82, 2.24) is 15.1 Å². The van der Waals surface area contributed by atoms with Crippen LogP contribution in [0.15, 0.2) is 48.5 Å². The molecule has 1 unspecified atom stereocenters. The van der Waals surface area contributed by atoms with Crippen LogP contribution in [-0.2, 0) is 9.59 Å². The van der Waals surface area contributed by atoms with E-state index in [1.807, 2.05) is 67.3 Å². The van der Waals surface area contributed by atoms with E-state index in [4.69, 9.17) is 0 Å². The Bertz CT molecular complexity index is 1020. The molecule has 1 fully saturated rings. The Hall–Kier alpha value is -3.19. The molecule has 1 atom stereocenters. The van der Waals surface area contributed by atoms with E-state index in [9.17, 15) is 14.4 Å². The fraction of sp³-hybridized carbons (Fsp3) is 0.483. The minimum Gasteiger partial charge on any atom is -0.352 e. The maximum Gasteiger partial charge on any atom is 0.251 e. The van der Waals surface area contributed by atoms with Crippen LogP contribution in [0.2, 0.25) is 0 Å². The van der Waals surface area contributed by atoms with Crippen molar-refractivity contribution in [2.45, 2.75) is 46.5 Å². The molecule has 1 saturated heterocycles. The molecule has 1 aliphatic rings. The number of hydrogen-bond acceptors (Lipinski definition) is 4. The molecule has 0 aromatic heterocycles. The average molecular weight is 493 g/mol. The summed E-state index contributed by atoms with van der Waals surface area (Å²) in [6.07, 6.45) is 3.96. The van der Waals surface area contributed by atoms with Crippen molar-refractivity contribution >= 4 is 23.4 Å². The minimum atomic E-state index is -0.107. The summed E-state index contributed by atoms with van der Waals surface area (Å²) in [5.74, 6) is 0.235. The molecule has 0 aliphatic carbocycles. The summed E-state index contributed by atoms with van der Waals surface area (Å²) < 4.78 is 0. The molecule has 0 bridgehead atoms. The third-order valence-corrected chi connectivity index (χ3v) is 6.78. The van der Waals surface area contributed by atoms with Gasteiger partial charge in [-0.25, -0.2) is 0 Å². The van der Waals surface area contributed by atoms with Crippen LogP contribution in [-0.4, -0.2) is 66.8 Å². The highest BCUT2D eigenvalue weighted by molar-refractivity contribution is 5.94. The van der Waals surface area contributed by atoms with Crippen molar-refractivity contribution in [2.24, 2.45) is 5.92 Å². The largest absolute Gasteiger partial charge is 0.352 e. The third kappa shape index (κ3) is 7.92. The van der Waals surface area contributed by atoms with E-state index in [0.29, 0.717) is 18.0 Å².